The average Bonchev–Trinajstić information content (AvgIpc) is 2.53. The Morgan fingerprint density at radius 1 is 0.950 bits per heavy atom. The van der Waals surface area contributed by atoms with Crippen molar-refractivity contribution in [2.45, 2.75) is 0 Å². The first-order valence-corrected chi connectivity index (χ1v) is 6.26. The van der Waals surface area contributed by atoms with Gasteiger partial charge >= 0.3 is 0 Å². The van der Waals surface area contributed by atoms with Crippen molar-refractivity contribution in [3.05, 3.63) is 72.1 Å². The standard InChI is InChI=1S/C17H11N3/c18-11-14(10-13-6-2-1-3-7-13)17-12-19-15-8-4-5-9-16(15)20-17/h1-10,12H/b14-10-. The Labute approximate surface area is 116 Å². The molecule has 3 rings (SSSR count). The van der Waals surface area contributed by atoms with E-state index in [9.17, 15) is 5.26 Å². The maximum absolute atomic E-state index is 9.33. The van der Waals surface area contributed by atoms with E-state index in [-0.39, 0.29) is 0 Å². The third-order valence-corrected chi connectivity index (χ3v) is 2.96. The van der Waals surface area contributed by atoms with Crippen LogP contribution in [0, 0.1) is 11.3 Å². The number of nitriles is 1. The van der Waals surface area contributed by atoms with E-state index in [0.717, 1.165) is 16.6 Å². The molecule has 0 saturated carbocycles. The molecule has 20 heavy (non-hydrogen) atoms. The van der Waals surface area contributed by atoms with E-state index in [2.05, 4.69) is 16.0 Å². The predicted molar refractivity (Wildman–Crippen MR) is 79.5 cm³/mol. The van der Waals surface area contributed by atoms with Crippen LogP contribution < -0.4 is 0 Å². The molecule has 1 aromatic heterocycles. The molecule has 94 valence electrons. The molecule has 0 aliphatic heterocycles. The minimum absolute atomic E-state index is 0.509. The number of para-hydroxylation sites is 2. The molecule has 1 heterocycles. The van der Waals surface area contributed by atoms with Crippen LogP contribution in [0.5, 0.6) is 0 Å². The van der Waals surface area contributed by atoms with Gasteiger partial charge in [-0.25, -0.2) is 4.98 Å². The molecule has 3 nitrogen and oxygen atoms in total. The second kappa shape index (κ2) is 5.33. The van der Waals surface area contributed by atoms with Crippen molar-refractivity contribution in [3.8, 4) is 6.07 Å². The molecule has 3 aromatic rings. The topological polar surface area (TPSA) is 49.6 Å². The molecule has 0 bridgehead atoms. The first kappa shape index (κ1) is 12.1. The number of aromatic nitrogens is 2. The Bertz CT molecular complexity index is 814. The maximum atomic E-state index is 9.33. The fraction of sp³-hybridized carbons (Fsp3) is 0. The minimum atomic E-state index is 0.509. The number of rotatable bonds is 2. The lowest BCUT2D eigenvalue weighted by Gasteiger charge is -2.01. The van der Waals surface area contributed by atoms with E-state index >= 15 is 0 Å². The lowest BCUT2D eigenvalue weighted by molar-refractivity contribution is 1.26. The van der Waals surface area contributed by atoms with E-state index in [1.807, 2.05) is 60.7 Å². The van der Waals surface area contributed by atoms with Gasteiger partial charge in [0.15, 0.2) is 0 Å². The van der Waals surface area contributed by atoms with Crippen LogP contribution in [0.3, 0.4) is 0 Å². The minimum Gasteiger partial charge on any atom is -0.252 e. The number of hydrogen-bond donors (Lipinski definition) is 0. The first-order chi connectivity index (χ1) is 9.86. The number of benzene rings is 2. The lowest BCUT2D eigenvalue weighted by atomic mass is 10.1. The molecular weight excluding hydrogens is 246 g/mol. The average molecular weight is 257 g/mol. The van der Waals surface area contributed by atoms with Crippen LogP contribution in [0.25, 0.3) is 22.7 Å². The Morgan fingerprint density at radius 3 is 2.40 bits per heavy atom. The smallest absolute Gasteiger partial charge is 0.101 e. The van der Waals surface area contributed by atoms with Crippen molar-refractivity contribution in [1.82, 2.24) is 9.97 Å². The highest BCUT2D eigenvalue weighted by molar-refractivity contribution is 5.89. The molecule has 0 amide bonds. The van der Waals surface area contributed by atoms with Gasteiger partial charge in [-0.1, -0.05) is 42.5 Å². The van der Waals surface area contributed by atoms with Crippen LogP contribution in [-0.4, -0.2) is 9.97 Å². The van der Waals surface area contributed by atoms with Gasteiger partial charge in [0.25, 0.3) is 0 Å². The molecule has 0 fully saturated rings. The van der Waals surface area contributed by atoms with E-state index in [4.69, 9.17) is 0 Å². The molecule has 2 aromatic carbocycles. The molecule has 0 radical (unpaired) electrons. The number of fused-ring (bicyclic) bond motifs is 1. The summed E-state index contributed by atoms with van der Waals surface area (Å²) in [6, 6.07) is 19.5. The summed E-state index contributed by atoms with van der Waals surface area (Å²) in [4.78, 5) is 8.83. The highest BCUT2D eigenvalue weighted by Gasteiger charge is 2.05. The summed E-state index contributed by atoms with van der Waals surface area (Å²) in [5.74, 6) is 0. The molecule has 0 spiro atoms. The van der Waals surface area contributed by atoms with Crippen LogP contribution in [-0.2, 0) is 0 Å². The van der Waals surface area contributed by atoms with Crippen LogP contribution in [0.4, 0.5) is 0 Å². The van der Waals surface area contributed by atoms with Crippen LogP contribution in [0.2, 0.25) is 0 Å². The van der Waals surface area contributed by atoms with E-state index in [0.29, 0.717) is 11.3 Å². The predicted octanol–water partition coefficient (Wildman–Crippen LogP) is 3.69. The molecule has 0 aliphatic carbocycles. The normalized spacial score (nSPS) is 11.2. The van der Waals surface area contributed by atoms with Crippen molar-refractivity contribution in [3.63, 3.8) is 0 Å². The van der Waals surface area contributed by atoms with Gasteiger partial charge in [-0.2, -0.15) is 5.26 Å². The maximum Gasteiger partial charge on any atom is 0.101 e. The molecule has 0 saturated heterocycles. The first-order valence-electron chi connectivity index (χ1n) is 6.26. The van der Waals surface area contributed by atoms with Gasteiger partial charge in [0.1, 0.15) is 6.07 Å². The second-order valence-electron chi connectivity index (χ2n) is 4.32. The Morgan fingerprint density at radius 2 is 1.65 bits per heavy atom. The van der Waals surface area contributed by atoms with Gasteiger partial charge in [0.2, 0.25) is 0 Å². The third kappa shape index (κ3) is 2.40. The summed E-state index contributed by atoms with van der Waals surface area (Å²) in [7, 11) is 0. The Kier molecular flexibility index (Phi) is 3.22. The molecule has 0 N–H and O–H groups in total. The van der Waals surface area contributed by atoms with E-state index in [1.165, 1.54) is 0 Å². The molecule has 3 heteroatoms. The van der Waals surface area contributed by atoms with Crippen molar-refractivity contribution < 1.29 is 0 Å². The van der Waals surface area contributed by atoms with Crippen LogP contribution in [0.15, 0.2) is 60.8 Å². The number of allylic oxidation sites excluding steroid dienone is 1. The van der Waals surface area contributed by atoms with Gasteiger partial charge in [0.05, 0.1) is 28.5 Å². The highest BCUT2D eigenvalue weighted by Crippen LogP contribution is 2.17. The third-order valence-electron chi connectivity index (χ3n) is 2.96. The van der Waals surface area contributed by atoms with Crippen molar-refractivity contribution in [1.29, 1.82) is 5.26 Å². The lowest BCUT2D eigenvalue weighted by Crippen LogP contribution is -1.91. The van der Waals surface area contributed by atoms with Gasteiger partial charge < -0.3 is 0 Å². The van der Waals surface area contributed by atoms with Gasteiger partial charge in [-0.05, 0) is 23.8 Å². The summed E-state index contributed by atoms with van der Waals surface area (Å²) < 4.78 is 0. The summed E-state index contributed by atoms with van der Waals surface area (Å²) in [5, 5.41) is 9.33. The number of nitrogens with zero attached hydrogens (tertiary/aromatic N) is 3. The van der Waals surface area contributed by atoms with Gasteiger partial charge in [-0.15, -0.1) is 0 Å². The SMILES string of the molecule is N#C/C(=C/c1ccccc1)c1cnc2ccccc2n1. The largest absolute Gasteiger partial charge is 0.252 e. The quantitative estimate of drug-likeness (QED) is 0.658. The number of hydrogen-bond acceptors (Lipinski definition) is 3. The van der Waals surface area contributed by atoms with E-state index in [1.54, 1.807) is 6.20 Å². The van der Waals surface area contributed by atoms with Gasteiger partial charge in [-0.3, -0.25) is 4.98 Å². The van der Waals surface area contributed by atoms with Crippen molar-refractivity contribution in [2.75, 3.05) is 0 Å². The second-order valence-corrected chi connectivity index (χ2v) is 4.32. The van der Waals surface area contributed by atoms with Crippen molar-refractivity contribution in [2.24, 2.45) is 0 Å². The fourth-order valence-corrected chi connectivity index (χ4v) is 1.97. The molecule has 0 aliphatic rings. The van der Waals surface area contributed by atoms with Crippen LogP contribution >= 0.6 is 0 Å². The fourth-order valence-electron chi connectivity index (χ4n) is 1.97. The Balaban J connectivity index is 2.08. The molecular formula is C17H11N3. The Hall–Kier alpha value is -2.99. The van der Waals surface area contributed by atoms with Crippen LogP contribution in [0.1, 0.15) is 11.3 Å². The monoisotopic (exact) mass is 257 g/mol. The zero-order valence-corrected chi connectivity index (χ0v) is 10.7. The van der Waals surface area contributed by atoms with E-state index < -0.39 is 0 Å². The summed E-state index contributed by atoms with van der Waals surface area (Å²) in [5.41, 5.74) is 3.69. The molecule has 0 unspecified atom stereocenters. The zero-order chi connectivity index (χ0) is 13.8. The highest BCUT2D eigenvalue weighted by atomic mass is 14.8. The zero-order valence-electron chi connectivity index (χ0n) is 10.7. The molecule has 0 atom stereocenters. The summed E-state index contributed by atoms with van der Waals surface area (Å²) in [6.07, 6.45) is 3.46. The van der Waals surface area contributed by atoms with Crippen molar-refractivity contribution >= 4 is 22.7 Å². The summed E-state index contributed by atoms with van der Waals surface area (Å²) >= 11 is 0. The van der Waals surface area contributed by atoms with Gasteiger partial charge in [0, 0.05) is 0 Å². The summed E-state index contributed by atoms with van der Waals surface area (Å²) in [6.45, 7) is 0.